The zero-order valence-electron chi connectivity index (χ0n) is 15.6. The van der Waals surface area contributed by atoms with Gasteiger partial charge in [-0.25, -0.2) is 8.42 Å². The molecule has 4 heterocycles. The summed E-state index contributed by atoms with van der Waals surface area (Å²) in [5.41, 5.74) is 0.156. The van der Waals surface area contributed by atoms with Gasteiger partial charge in [0.1, 0.15) is 4.21 Å². The van der Waals surface area contributed by atoms with Crippen LogP contribution in [0.2, 0.25) is 0 Å². The zero-order valence-corrected chi connectivity index (χ0v) is 17.2. The average molecular weight is 436 g/mol. The quantitative estimate of drug-likeness (QED) is 0.610. The second-order valence-electron chi connectivity index (χ2n) is 6.80. The monoisotopic (exact) mass is 435 g/mol. The molecular formula is C19H21N3O5S2. The number of hydrogen-bond donors (Lipinski definition) is 1. The minimum atomic E-state index is -3.49. The van der Waals surface area contributed by atoms with E-state index in [0.29, 0.717) is 35.2 Å². The molecule has 0 radical (unpaired) electrons. The van der Waals surface area contributed by atoms with E-state index >= 15 is 0 Å². The topological polar surface area (TPSA) is 106 Å². The van der Waals surface area contributed by atoms with Gasteiger partial charge >= 0.3 is 0 Å². The van der Waals surface area contributed by atoms with Crippen LogP contribution in [0.15, 0.2) is 55.1 Å². The molecule has 1 amide bonds. The molecule has 1 unspecified atom stereocenters. The minimum absolute atomic E-state index is 0.132. The Kier molecular flexibility index (Phi) is 5.84. The number of furan rings is 1. The molecule has 1 fully saturated rings. The third kappa shape index (κ3) is 4.29. The fourth-order valence-electron chi connectivity index (χ4n) is 3.46. The molecule has 4 rings (SSSR count). The van der Waals surface area contributed by atoms with Gasteiger partial charge in [0.2, 0.25) is 5.76 Å². The minimum Gasteiger partial charge on any atom is -0.461 e. The van der Waals surface area contributed by atoms with E-state index in [1.54, 1.807) is 34.0 Å². The molecule has 1 atom stereocenters. The summed E-state index contributed by atoms with van der Waals surface area (Å²) in [5, 5.41) is 8.34. The van der Waals surface area contributed by atoms with Crippen molar-refractivity contribution in [3.8, 4) is 11.5 Å². The molecule has 1 aliphatic heterocycles. The molecule has 154 valence electrons. The number of aromatic nitrogens is 1. The Morgan fingerprint density at radius 2 is 2.17 bits per heavy atom. The molecule has 8 nitrogen and oxygen atoms in total. The van der Waals surface area contributed by atoms with E-state index < -0.39 is 10.0 Å². The van der Waals surface area contributed by atoms with E-state index in [9.17, 15) is 13.2 Å². The third-order valence-electron chi connectivity index (χ3n) is 4.90. The molecule has 0 bridgehead atoms. The number of thiophene rings is 1. The first-order valence-corrected chi connectivity index (χ1v) is 11.7. The SMILES string of the molecule is O=C(NCCC1CCCCN1S(=O)(=O)c1cccs1)c1cc(-c2ccco2)on1. The molecule has 0 aromatic carbocycles. The summed E-state index contributed by atoms with van der Waals surface area (Å²) < 4.78 is 38.1. The van der Waals surface area contributed by atoms with Crippen LogP contribution in [0.4, 0.5) is 0 Å². The van der Waals surface area contributed by atoms with Gasteiger partial charge in [-0.2, -0.15) is 4.31 Å². The molecule has 1 N–H and O–H groups in total. The molecular weight excluding hydrogens is 414 g/mol. The number of amides is 1. The lowest BCUT2D eigenvalue weighted by Gasteiger charge is -2.34. The van der Waals surface area contributed by atoms with Crippen molar-refractivity contribution in [1.29, 1.82) is 0 Å². The Bertz CT molecular complexity index is 1040. The Morgan fingerprint density at radius 1 is 1.28 bits per heavy atom. The lowest BCUT2D eigenvalue weighted by Crippen LogP contribution is -2.44. The van der Waals surface area contributed by atoms with Crippen molar-refractivity contribution in [2.24, 2.45) is 0 Å². The van der Waals surface area contributed by atoms with Crippen LogP contribution in [0.3, 0.4) is 0 Å². The van der Waals surface area contributed by atoms with E-state index in [2.05, 4.69) is 10.5 Å². The molecule has 29 heavy (non-hydrogen) atoms. The molecule has 0 saturated carbocycles. The molecule has 0 aliphatic carbocycles. The van der Waals surface area contributed by atoms with Gasteiger partial charge in [-0.15, -0.1) is 11.3 Å². The summed E-state index contributed by atoms with van der Waals surface area (Å²) >= 11 is 1.23. The average Bonchev–Trinajstić information content (AvgIpc) is 3.50. The molecule has 3 aromatic rings. The summed E-state index contributed by atoms with van der Waals surface area (Å²) in [6.45, 7) is 0.859. The normalized spacial score (nSPS) is 18.0. The number of carbonyl (C=O) groups is 1. The van der Waals surface area contributed by atoms with Crippen molar-refractivity contribution in [2.75, 3.05) is 13.1 Å². The first kappa shape index (κ1) is 19.9. The highest BCUT2D eigenvalue weighted by Gasteiger charge is 2.33. The van der Waals surface area contributed by atoms with E-state index in [0.717, 1.165) is 19.3 Å². The Labute approximate surface area is 172 Å². The fraction of sp³-hybridized carbons (Fsp3) is 0.368. The van der Waals surface area contributed by atoms with E-state index in [-0.39, 0.29) is 17.6 Å². The number of nitrogens with zero attached hydrogens (tertiary/aromatic N) is 2. The molecule has 0 spiro atoms. The third-order valence-corrected chi connectivity index (χ3v) is 8.23. The second kappa shape index (κ2) is 8.52. The van der Waals surface area contributed by atoms with Crippen molar-refractivity contribution in [1.82, 2.24) is 14.8 Å². The number of carbonyl (C=O) groups excluding carboxylic acids is 1. The fourth-order valence-corrected chi connectivity index (χ4v) is 6.31. The molecule has 1 aliphatic rings. The van der Waals surface area contributed by atoms with Crippen molar-refractivity contribution < 1.29 is 22.2 Å². The van der Waals surface area contributed by atoms with Gasteiger partial charge in [-0.3, -0.25) is 4.79 Å². The standard InChI is InChI=1S/C19H21N3O5S2/c23-19(15-13-17(27-21-15)16-6-3-11-26-16)20-9-8-14-5-1-2-10-22(14)29(24,25)18-7-4-12-28-18/h3-4,6-7,11-14H,1-2,5,8-10H2,(H,20,23). The highest BCUT2D eigenvalue weighted by Crippen LogP contribution is 2.29. The number of hydrogen-bond acceptors (Lipinski definition) is 7. The van der Waals surface area contributed by atoms with Gasteiger partial charge in [-0.1, -0.05) is 17.6 Å². The van der Waals surface area contributed by atoms with Gasteiger partial charge in [0.15, 0.2) is 11.5 Å². The summed E-state index contributed by atoms with van der Waals surface area (Å²) in [7, 11) is -3.49. The molecule has 3 aromatic heterocycles. The van der Waals surface area contributed by atoms with Crippen LogP contribution < -0.4 is 5.32 Å². The highest BCUT2D eigenvalue weighted by atomic mass is 32.2. The maximum atomic E-state index is 12.9. The van der Waals surface area contributed by atoms with Crippen LogP contribution in [0, 0.1) is 0 Å². The van der Waals surface area contributed by atoms with E-state index in [4.69, 9.17) is 8.94 Å². The van der Waals surface area contributed by atoms with Crippen molar-refractivity contribution in [3.63, 3.8) is 0 Å². The van der Waals surface area contributed by atoms with Crippen molar-refractivity contribution in [2.45, 2.75) is 35.9 Å². The van der Waals surface area contributed by atoms with E-state index in [1.807, 2.05) is 0 Å². The van der Waals surface area contributed by atoms with Crippen molar-refractivity contribution in [3.05, 3.63) is 47.7 Å². The maximum Gasteiger partial charge on any atom is 0.273 e. The van der Waals surface area contributed by atoms with Gasteiger partial charge in [-0.05, 0) is 42.8 Å². The predicted molar refractivity (Wildman–Crippen MR) is 107 cm³/mol. The number of nitrogens with one attached hydrogen (secondary N) is 1. The van der Waals surface area contributed by atoms with Crippen LogP contribution in [0.25, 0.3) is 11.5 Å². The highest BCUT2D eigenvalue weighted by molar-refractivity contribution is 7.91. The number of rotatable bonds is 7. The largest absolute Gasteiger partial charge is 0.461 e. The second-order valence-corrected chi connectivity index (χ2v) is 9.86. The van der Waals surface area contributed by atoms with Crippen LogP contribution in [0.1, 0.15) is 36.2 Å². The van der Waals surface area contributed by atoms with Crippen LogP contribution >= 0.6 is 11.3 Å². The Morgan fingerprint density at radius 3 is 2.93 bits per heavy atom. The Hall–Kier alpha value is -2.43. The Balaban J connectivity index is 1.36. The van der Waals surface area contributed by atoms with Crippen LogP contribution in [0.5, 0.6) is 0 Å². The first-order valence-electron chi connectivity index (χ1n) is 9.40. The molecule has 1 saturated heterocycles. The predicted octanol–water partition coefficient (Wildman–Crippen LogP) is 3.36. The van der Waals surface area contributed by atoms with E-state index in [1.165, 1.54) is 23.7 Å². The van der Waals surface area contributed by atoms with Gasteiger partial charge < -0.3 is 14.3 Å². The van der Waals surface area contributed by atoms with Gasteiger partial charge in [0, 0.05) is 25.2 Å². The first-order chi connectivity index (χ1) is 14.1. The zero-order chi connectivity index (χ0) is 20.3. The summed E-state index contributed by atoms with van der Waals surface area (Å²) in [6, 6.07) is 8.20. The van der Waals surface area contributed by atoms with Gasteiger partial charge in [0.05, 0.1) is 6.26 Å². The number of sulfonamides is 1. The maximum absolute atomic E-state index is 12.9. The lowest BCUT2D eigenvalue weighted by atomic mass is 10.0. The van der Waals surface area contributed by atoms with Gasteiger partial charge in [0.25, 0.3) is 15.9 Å². The molecule has 10 heteroatoms. The summed E-state index contributed by atoms with van der Waals surface area (Å²) in [6.07, 6.45) is 4.66. The van der Waals surface area contributed by atoms with Crippen LogP contribution in [-0.2, 0) is 10.0 Å². The summed E-state index contributed by atoms with van der Waals surface area (Å²) in [5.74, 6) is 0.504. The van der Waals surface area contributed by atoms with Crippen LogP contribution in [-0.4, -0.2) is 42.9 Å². The number of piperidine rings is 1. The summed E-state index contributed by atoms with van der Waals surface area (Å²) in [4.78, 5) is 12.3. The smallest absolute Gasteiger partial charge is 0.273 e. The van der Waals surface area contributed by atoms with Crippen molar-refractivity contribution >= 4 is 27.3 Å². The lowest BCUT2D eigenvalue weighted by molar-refractivity contribution is 0.0940.